The highest BCUT2D eigenvalue weighted by atomic mass is 16.5. The van der Waals surface area contributed by atoms with Gasteiger partial charge < -0.3 is 9.47 Å². The van der Waals surface area contributed by atoms with Gasteiger partial charge in [0.1, 0.15) is 11.5 Å². The number of hydrogen-bond acceptors (Lipinski definition) is 4. The molecule has 0 fully saturated rings. The van der Waals surface area contributed by atoms with Gasteiger partial charge in [-0.05, 0) is 35.9 Å². The number of methoxy groups -OCH3 is 2. The standard InChI is InChI=1S/C18H14N2O2/c1-21-17-7-6-15(18(10-17)22-2)9-16(12-20)14-5-3-4-13(8-14)11-19/h3-10H,1-2H3. The summed E-state index contributed by atoms with van der Waals surface area (Å²) in [5, 5.41) is 18.4. The molecular formula is C18H14N2O2. The van der Waals surface area contributed by atoms with E-state index in [0.29, 0.717) is 28.2 Å². The lowest BCUT2D eigenvalue weighted by Crippen LogP contribution is -1.91. The van der Waals surface area contributed by atoms with Crippen LogP contribution in [0, 0.1) is 22.7 Å². The van der Waals surface area contributed by atoms with Crippen LogP contribution >= 0.6 is 0 Å². The van der Waals surface area contributed by atoms with E-state index in [4.69, 9.17) is 14.7 Å². The molecule has 0 radical (unpaired) electrons. The summed E-state index contributed by atoms with van der Waals surface area (Å²) in [7, 11) is 3.15. The zero-order chi connectivity index (χ0) is 15.9. The lowest BCUT2D eigenvalue weighted by Gasteiger charge is -2.08. The van der Waals surface area contributed by atoms with Gasteiger partial charge >= 0.3 is 0 Å². The van der Waals surface area contributed by atoms with Crippen molar-refractivity contribution in [2.24, 2.45) is 0 Å². The third kappa shape index (κ3) is 3.26. The molecule has 0 N–H and O–H groups in total. The molecule has 4 nitrogen and oxygen atoms in total. The van der Waals surface area contributed by atoms with Gasteiger partial charge in [0.25, 0.3) is 0 Å². The van der Waals surface area contributed by atoms with Crippen LogP contribution in [-0.2, 0) is 0 Å². The molecule has 0 saturated heterocycles. The van der Waals surface area contributed by atoms with Gasteiger partial charge in [-0.25, -0.2) is 0 Å². The first-order valence-corrected chi connectivity index (χ1v) is 6.56. The van der Waals surface area contributed by atoms with Crippen LogP contribution in [0.3, 0.4) is 0 Å². The van der Waals surface area contributed by atoms with Crippen molar-refractivity contribution in [1.82, 2.24) is 0 Å². The summed E-state index contributed by atoms with van der Waals surface area (Å²) >= 11 is 0. The first kappa shape index (κ1) is 15.2. The molecule has 0 unspecified atom stereocenters. The van der Waals surface area contributed by atoms with Crippen LogP contribution in [0.15, 0.2) is 42.5 Å². The van der Waals surface area contributed by atoms with E-state index in [9.17, 15) is 5.26 Å². The third-order valence-corrected chi connectivity index (χ3v) is 3.16. The summed E-state index contributed by atoms with van der Waals surface area (Å²) in [4.78, 5) is 0. The third-order valence-electron chi connectivity index (χ3n) is 3.16. The molecular weight excluding hydrogens is 276 g/mol. The highest BCUT2D eigenvalue weighted by molar-refractivity contribution is 5.91. The van der Waals surface area contributed by atoms with Gasteiger partial charge in [-0.2, -0.15) is 10.5 Å². The fourth-order valence-electron chi connectivity index (χ4n) is 2.03. The lowest BCUT2D eigenvalue weighted by molar-refractivity contribution is 0.394. The molecule has 0 aromatic heterocycles. The second-order valence-corrected chi connectivity index (χ2v) is 4.47. The van der Waals surface area contributed by atoms with E-state index in [1.165, 1.54) is 0 Å². The molecule has 0 amide bonds. The van der Waals surface area contributed by atoms with Gasteiger partial charge in [-0.1, -0.05) is 12.1 Å². The van der Waals surface area contributed by atoms with Crippen LogP contribution in [0.25, 0.3) is 11.6 Å². The molecule has 2 rings (SSSR count). The molecule has 0 aliphatic carbocycles. The van der Waals surface area contributed by atoms with Gasteiger partial charge in [-0.3, -0.25) is 0 Å². The highest BCUT2D eigenvalue weighted by Crippen LogP contribution is 2.28. The van der Waals surface area contributed by atoms with E-state index in [-0.39, 0.29) is 0 Å². The van der Waals surface area contributed by atoms with Crippen LogP contribution in [0.5, 0.6) is 11.5 Å². The van der Waals surface area contributed by atoms with Crippen molar-refractivity contribution < 1.29 is 9.47 Å². The minimum atomic E-state index is 0.459. The number of nitriles is 2. The predicted molar refractivity (Wildman–Crippen MR) is 84.2 cm³/mol. The Kier molecular flexibility index (Phi) is 4.80. The van der Waals surface area contributed by atoms with Crippen LogP contribution in [0.4, 0.5) is 0 Å². The molecule has 0 atom stereocenters. The molecule has 4 heteroatoms. The maximum absolute atomic E-state index is 9.40. The number of nitrogens with zero attached hydrogens (tertiary/aromatic N) is 2. The molecule has 0 spiro atoms. The van der Waals surface area contributed by atoms with E-state index < -0.39 is 0 Å². The monoisotopic (exact) mass is 290 g/mol. The molecule has 0 bridgehead atoms. The van der Waals surface area contributed by atoms with E-state index in [2.05, 4.69) is 12.1 Å². The molecule has 0 aliphatic heterocycles. The van der Waals surface area contributed by atoms with Gasteiger partial charge in [0.15, 0.2) is 0 Å². The Morgan fingerprint density at radius 1 is 1.05 bits per heavy atom. The largest absolute Gasteiger partial charge is 0.497 e. The smallest absolute Gasteiger partial charge is 0.129 e. The minimum Gasteiger partial charge on any atom is -0.497 e. The Labute approximate surface area is 129 Å². The topological polar surface area (TPSA) is 66.0 Å². The molecule has 0 saturated carbocycles. The maximum atomic E-state index is 9.40. The Morgan fingerprint density at radius 3 is 2.50 bits per heavy atom. The van der Waals surface area contributed by atoms with E-state index in [1.807, 2.05) is 6.07 Å². The molecule has 0 aliphatic rings. The van der Waals surface area contributed by atoms with Gasteiger partial charge in [0.05, 0.1) is 37.5 Å². The number of benzene rings is 2. The van der Waals surface area contributed by atoms with Crippen LogP contribution < -0.4 is 9.47 Å². The van der Waals surface area contributed by atoms with Crippen LogP contribution in [0.1, 0.15) is 16.7 Å². The predicted octanol–water partition coefficient (Wildman–Crippen LogP) is 3.64. The van der Waals surface area contributed by atoms with Crippen molar-refractivity contribution >= 4 is 11.6 Å². The van der Waals surface area contributed by atoms with Crippen LogP contribution in [0.2, 0.25) is 0 Å². The second kappa shape index (κ2) is 6.97. The molecule has 108 valence electrons. The van der Waals surface area contributed by atoms with Crippen molar-refractivity contribution in [2.45, 2.75) is 0 Å². The average Bonchev–Trinajstić information content (AvgIpc) is 2.59. The van der Waals surface area contributed by atoms with E-state index >= 15 is 0 Å². The summed E-state index contributed by atoms with van der Waals surface area (Å²) in [5.74, 6) is 1.29. The summed E-state index contributed by atoms with van der Waals surface area (Å²) in [6.07, 6.45) is 1.73. The molecule has 2 aromatic carbocycles. The highest BCUT2D eigenvalue weighted by Gasteiger charge is 2.07. The van der Waals surface area contributed by atoms with Crippen molar-refractivity contribution in [3.05, 3.63) is 59.2 Å². The average molecular weight is 290 g/mol. The summed E-state index contributed by atoms with van der Waals surface area (Å²) in [6.45, 7) is 0. The van der Waals surface area contributed by atoms with E-state index in [0.717, 1.165) is 5.56 Å². The molecule has 22 heavy (non-hydrogen) atoms. The number of allylic oxidation sites excluding steroid dienone is 1. The second-order valence-electron chi connectivity index (χ2n) is 4.47. The summed E-state index contributed by atoms with van der Waals surface area (Å²) < 4.78 is 10.5. The zero-order valence-electron chi connectivity index (χ0n) is 12.3. The van der Waals surface area contributed by atoms with Gasteiger partial charge in [0, 0.05) is 11.6 Å². The quantitative estimate of drug-likeness (QED) is 0.637. The van der Waals surface area contributed by atoms with Crippen molar-refractivity contribution in [1.29, 1.82) is 10.5 Å². The molecule has 0 heterocycles. The van der Waals surface area contributed by atoms with Crippen molar-refractivity contribution in [3.63, 3.8) is 0 Å². The molecule has 2 aromatic rings. The Hall–Kier alpha value is -3.24. The van der Waals surface area contributed by atoms with Crippen molar-refractivity contribution in [3.8, 4) is 23.6 Å². The maximum Gasteiger partial charge on any atom is 0.129 e. The fraction of sp³-hybridized carbons (Fsp3) is 0.111. The normalized spacial score (nSPS) is 10.5. The summed E-state index contributed by atoms with van der Waals surface area (Å²) in [5.41, 5.74) is 2.43. The Bertz CT molecular complexity index is 795. The first-order chi connectivity index (χ1) is 10.7. The van der Waals surface area contributed by atoms with Gasteiger partial charge in [0.2, 0.25) is 0 Å². The Morgan fingerprint density at radius 2 is 1.86 bits per heavy atom. The van der Waals surface area contributed by atoms with Crippen LogP contribution in [-0.4, -0.2) is 14.2 Å². The van der Waals surface area contributed by atoms with E-state index in [1.54, 1.807) is 56.7 Å². The summed E-state index contributed by atoms with van der Waals surface area (Å²) in [6, 6.07) is 16.6. The number of hydrogen-bond donors (Lipinski definition) is 0. The minimum absolute atomic E-state index is 0.459. The fourth-order valence-corrected chi connectivity index (χ4v) is 2.03. The van der Waals surface area contributed by atoms with Crippen molar-refractivity contribution in [2.75, 3.05) is 14.2 Å². The lowest BCUT2D eigenvalue weighted by atomic mass is 10.0. The number of ether oxygens (including phenoxy) is 2. The SMILES string of the molecule is COc1ccc(C=C(C#N)c2cccc(C#N)c2)c(OC)c1. The van der Waals surface area contributed by atoms with Gasteiger partial charge in [-0.15, -0.1) is 0 Å². The number of rotatable bonds is 4. The first-order valence-electron chi connectivity index (χ1n) is 6.56. The Balaban J connectivity index is 2.49. The zero-order valence-corrected chi connectivity index (χ0v) is 12.3.